The number of rotatable bonds is 6. The Balaban J connectivity index is 2.35. The van der Waals surface area contributed by atoms with Gasteiger partial charge in [-0.05, 0) is 31.8 Å². The molecule has 1 saturated heterocycles. The Hall–Kier alpha value is -0.180. The van der Waals surface area contributed by atoms with Crippen LogP contribution in [0.2, 0.25) is 0 Å². The number of sulfonamides is 1. The van der Waals surface area contributed by atoms with E-state index < -0.39 is 19.9 Å². The molecular weight excluding hydrogens is 264 g/mol. The predicted molar refractivity (Wildman–Crippen MR) is 67.1 cm³/mol. The summed E-state index contributed by atoms with van der Waals surface area (Å²) < 4.78 is 47.4. The van der Waals surface area contributed by atoms with Crippen LogP contribution in [0.5, 0.6) is 0 Å². The van der Waals surface area contributed by atoms with Crippen molar-refractivity contribution in [2.75, 3.05) is 37.4 Å². The number of hydrogen-bond acceptors (Lipinski definition) is 5. The van der Waals surface area contributed by atoms with Gasteiger partial charge in [-0.1, -0.05) is 0 Å². The predicted octanol–water partition coefficient (Wildman–Crippen LogP) is -1.05. The van der Waals surface area contributed by atoms with Crippen LogP contribution in [-0.2, 0) is 19.9 Å². The highest BCUT2D eigenvalue weighted by atomic mass is 32.2. The first kappa shape index (κ1) is 14.9. The molecule has 8 heteroatoms. The third kappa shape index (κ3) is 6.97. The van der Waals surface area contributed by atoms with Gasteiger partial charge < -0.3 is 5.32 Å². The lowest BCUT2D eigenvalue weighted by molar-refractivity contribution is 0.400. The Bertz CT molecular complexity index is 424. The normalized spacial score (nSPS) is 19.4. The van der Waals surface area contributed by atoms with Gasteiger partial charge in [-0.2, -0.15) is 0 Å². The summed E-state index contributed by atoms with van der Waals surface area (Å²) in [6.07, 6.45) is 2.80. The zero-order valence-corrected chi connectivity index (χ0v) is 11.6. The lowest BCUT2D eigenvalue weighted by atomic mass is 10.0. The van der Waals surface area contributed by atoms with E-state index in [0.29, 0.717) is 0 Å². The maximum absolute atomic E-state index is 11.7. The Labute approximate surface area is 103 Å². The number of piperidine rings is 1. The van der Waals surface area contributed by atoms with Crippen LogP contribution >= 0.6 is 0 Å². The summed E-state index contributed by atoms with van der Waals surface area (Å²) in [5, 5.41) is 3.17. The molecule has 0 radical (unpaired) electrons. The molecule has 0 spiro atoms. The van der Waals surface area contributed by atoms with Crippen molar-refractivity contribution in [2.45, 2.75) is 12.8 Å². The van der Waals surface area contributed by atoms with Crippen molar-refractivity contribution in [3.05, 3.63) is 0 Å². The van der Waals surface area contributed by atoms with Crippen LogP contribution < -0.4 is 10.0 Å². The maximum Gasteiger partial charge on any atom is 0.211 e. The van der Waals surface area contributed by atoms with Gasteiger partial charge in [-0.25, -0.2) is 21.6 Å². The summed E-state index contributed by atoms with van der Waals surface area (Å²) in [5.41, 5.74) is 0. The van der Waals surface area contributed by atoms with Crippen molar-refractivity contribution in [3.8, 4) is 0 Å². The minimum atomic E-state index is -3.35. The molecule has 0 atom stereocenters. The minimum Gasteiger partial charge on any atom is -0.317 e. The highest BCUT2D eigenvalue weighted by molar-refractivity contribution is 7.91. The quantitative estimate of drug-likeness (QED) is 0.649. The summed E-state index contributed by atoms with van der Waals surface area (Å²) in [6.45, 7) is 1.67. The van der Waals surface area contributed by atoms with E-state index in [1.807, 2.05) is 0 Å². The van der Waals surface area contributed by atoms with Gasteiger partial charge in [-0.15, -0.1) is 0 Å². The van der Waals surface area contributed by atoms with E-state index in [0.717, 1.165) is 32.2 Å². The van der Waals surface area contributed by atoms with Crippen LogP contribution in [0.25, 0.3) is 0 Å². The molecule has 6 nitrogen and oxygen atoms in total. The standard InChI is InChI=1S/C9H20N2O4S2/c1-16(12,13)7-6-11-17(14,15)8-9-2-4-10-5-3-9/h9-11H,2-8H2,1H3. The minimum absolute atomic E-state index is 0.0356. The van der Waals surface area contributed by atoms with Crippen molar-refractivity contribution in [1.82, 2.24) is 10.0 Å². The smallest absolute Gasteiger partial charge is 0.211 e. The fourth-order valence-electron chi connectivity index (χ4n) is 1.80. The molecular formula is C9H20N2O4S2. The first-order chi connectivity index (χ1) is 7.79. The van der Waals surface area contributed by atoms with E-state index in [1.165, 1.54) is 0 Å². The fraction of sp³-hybridized carbons (Fsp3) is 1.00. The summed E-state index contributed by atoms with van der Waals surface area (Å²) in [6, 6.07) is 0. The summed E-state index contributed by atoms with van der Waals surface area (Å²) in [7, 11) is -6.46. The van der Waals surface area contributed by atoms with Crippen LogP contribution in [-0.4, -0.2) is 54.2 Å². The number of hydrogen-bond donors (Lipinski definition) is 2. The van der Waals surface area contributed by atoms with E-state index in [1.54, 1.807) is 0 Å². The maximum atomic E-state index is 11.7. The average Bonchev–Trinajstić information content (AvgIpc) is 2.15. The van der Waals surface area contributed by atoms with Crippen molar-refractivity contribution in [1.29, 1.82) is 0 Å². The molecule has 0 amide bonds. The number of nitrogens with one attached hydrogen (secondary N) is 2. The van der Waals surface area contributed by atoms with Crippen molar-refractivity contribution in [2.24, 2.45) is 5.92 Å². The third-order valence-corrected chi connectivity index (χ3v) is 5.21. The van der Waals surface area contributed by atoms with E-state index in [-0.39, 0.29) is 24.0 Å². The van der Waals surface area contributed by atoms with Gasteiger partial charge in [0.2, 0.25) is 10.0 Å². The van der Waals surface area contributed by atoms with Gasteiger partial charge in [-0.3, -0.25) is 0 Å². The molecule has 17 heavy (non-hydrogen) atoms. The molecule has 0 aliphatic carbocycles. The molecule has 1 aliphatic rings. The molecule has 1 fully saturated rings. The van der Waals surface area contributed by atoms with Gasteiger partial charge >= 0.3 is 0 Å². The Kier molecular flexibility index (Phi) is 5.36. The topological polar surface area (TPSA) is 92.3 Å². The van der Waals surface area contributed by atoms with Gasteiger partial charge in [0.15, 0.2) is 0 Å². The first-order valence-electron chi connectivity index (χ1n) is 5.64. The zero-order chi connectivity index (χ0) is 12.9. The molecule has 102 valence electrons. The monoisotopic (exact) mass is 284 g/mol. The van der Waals surface area contributed by atoms with Crippen LogP contribution in [0, 0.1) is 5.92 Å². The van der Waals surface area contributed by atoms with Gasteiger partial charge in [0.25, 0.3) is 0 Å². The second-order valence-electron chi connectivity index (χ2n) is 4.50. The first-order valence-corrected chi connectivity index (χ1v) is 9.35. The fourth-order valence-corrected chi connectivity index (χ4v) is 3.89. The van der Waals surface area contributed by atoms with E-state index >= 15 is 0 Å². The van der Waals surface area contributed by atoms with Crippen molar-refractivity contribution >= 4 is 19.9 Å². The summed E-state index contributed by atoms with van der Waals surface area (Å²) in [4.78, 5) is 0. The molecule has 2 N–H and O–H groups in total. The van der Waals surface area contributed by atoms with E-state index in [4.69, 9.17) is 0 Å². The lowest BCUT2D eigenvalue weighted by Crippen LogP contribution is -2.37. The summed E-state index contributed by atoms with van der Waals surface area (Å²) in [5.74, 6) is 0.114. The zero-order valence-electron chi connectivity index (χ0n) is 9.98. The highest BCUT2D eigenvalue weighted by Gasteiger charge is 2.21. The van der Waals surface area contributed by atoms with Crippen LogP contribution in [0.3, 0.4) is 0 Å². The molecule has 1 heterocycles. The van der Waals surface area contributed by atoms with E-state index in [2.05, 4.69) is 10.0 Å². The van der Waals surface area contributed by atoms with E-state index in [9.17, 15) is 16.8 Å². The van der Waals surface area contributed by atoms with Gasteiger partial charge in [0.05, 0.1) is 11.5 Å². The van der Waals surface area contributed by atoms with Crippen LogP contribution in [0.15, 0.2) is 0 Å². The van der Waals surface area contributed by atoms with Crippen molar-refractivity contribution < 1.29 is 16.8 Å². The van der Waals surface area contributed by atoms with Crippen LogP contribution in [0.4, 0.5) is 0 Å². The molecule has 0 bridgehead atoms. The largest absolute Gasteiger partial charge is 0.317 e. The summed E-state index contributed by atoms with van der Waals surface area (Å²) >= 11 is 0. The molecule has 0 saturated carbocycles. The third-order valence-electron chi connectivity index (χ3n) is 2.71. The molecule has 0 unspecified atom stereocenters. The Morgan fingerprint density at radius 2 is 1.76 bits per heavy atom. The Morgan fingerprint density at radius 1 is 1.18 bits per heavy atom. The second kappa shape index (κ2) is 6.12. The molecule has 0 aromatic rings. The molecule has 0 aromatic heterocycles. The second-order valence-corrected chi connectivity index (χ2v) is 8.61. The Morgan fingerprint density at radius 3 is 2.29 bits per heavy atom. The molecule has 1 aliphatic heterocycles. The SMILES string of the molecule is CS(=O)(=O)CCNS(=O)(=O)CC1CCNCC1. The van der Waals surface area contributed by atoms with Crippen LogP contribution in [0.1, 0.15) is 12.8 Å². The van der Waals surface area contributed by atoms with Gasteiger partial charge in [0.1, 0.15) is 9.84 Å². The lowest BCUT2D eigenvalue weighted by Gasteiger charge is -2.22. The van der Waals surface area contributed by atoms with Gasteiger partial charge in [0, 0.05) is 12.8 Å². The van der Waals surface area contributed by atoms with Crippen molar-refractivity contribution in [3.63, 3.8) is 0 Å². The average molecular weight is 284 g/mol. The number of sulfone groups is 1. The highest BCUT2D eigenvalue weighted by Crippen LogP contribution is 2.13. The molecule has 1 rings (SSSR count). The molecule has 0 aromatic carbocycles.